The Labute approximate surface area is 81.5 Å². The maximum atomic E-state index is 2.77. The standard InChI is InChI=1S/C7H16N2.2CH3.Sn/c1-3-8-6-5-7-9-4-2;;;/h3-7H2,1-2H3;2*1H3;/q-2;;;+2. The molecule has 3 heteroatoms. The number of rotatable bonds is 2. The fourth-order valence-corrected chi connectivity index (χ4v) is 11.9. The van der Waals surface area contributed by atoms with Gasteiger partial charge in [-0.15, -0.1) is 0 Å². The Morgan fingerprint density at radius 1 is 1.00 bits per heavy atom. The van der Waals surface area contributed by atoms with Crippen LogP contribution in [0.4, 0.5) is 0 Å². The summed E-state index contributed by atoms with van der Waals surface area (Å²) in [5.74, 6) is 0. The zero-order valence-corrected chi connectivity index (χ0v) is 11.8. The van der Waals surface area contributed by atoms with Gasteiger partial charge in [-0.25, -0.2) is 0 Å². The average molecular weight is 277 g/mol. The van der Waals surface area contributed by atoms with Crippen molar-refractivity contribution in [3.05, 3.63) is 0 Å². The first-order valence-electron chi connectivity index (χ1n) is 5.13. The van der Waals surface area contributed by atoms with Crippen LogP contribution in [0.2, 0.25) is 9.88 Å². The molecule has 0 atom stereocenters. The molecule has 12 heavy (non-hydrogen) atoms. The Balaban J connectivity index is 2.67. The first-order chi connectivity index (χ1) is 5.62. The maximum absolute atomic E-state index is 2.77. The molecule has 0 aliphatic carbocycles. The topological polar surface area (TPSA) is 6.48 Å². The summed E-state index contributed by atoms with van der Waals surface area (Å²) in [6.07, 6.45) is 1.38. The third kappa shape index (κ3) is 1.96. The van der Waals surface area contributed by atoms with E-state index in [4.69, 9.17) is 0 Å². The molecule has 0 aromatic heterocycles. The third-order valence-electron chi connectivity index (χ3n) is 3.17. The van der Waals surface area contributed by atoms with Gasteiger partial charge in [0, 0.05) is 0 Å². The van der Waals surface area contributed by atoms with Gasteiger partial charge in [0.15, 0.2) is 0 Å². The van der Waals surface area contributed by atoms with Gasteiger partial charge in [0.1, 0.15) is 0 Å². The van der Waals surface area contributed by atoms with Crippen LogP contribution in [-0.4, -0.2) is 51.3 Å². The molecule has 1 saturated heterocycles. The number of hydrogen-bond donors (Lipinski definition) is 0. The molecule has 1 rings (SSSR count). The van der Waals surface area contributed by atoms with E-state index in [0.29, 0.717) is 0 Å². The molecule has 1 aliphatic heterocycles. The van der Waals surface area contributed by atoms with E-state index in [0.717, 1.165) is 0 Å². The Kier molecular flexibility index (Phi) is 3.86. The van der Waals surface area contributed by atoms with Crippen LogP contribution in [0.1, 0.15) is 20.3 Å². The first-order valence-corrected chi connectivity index (χ1v) is 13.4. The van der Waals surface area contributed by atoms with Crippen LogP contribution < -0.4 is 0 Å². The normalized spacial score (nSPS) is 26.0. The van der Waals surface area contributed by atoms with Crippen molar-refractivity contribution < 1.29 is 0 Å². The van der Waals surface area contributed by atoms with Crippen molar-refractivity contribution in [2.75, 3.05) is 26.2 Å². The van der Waals surface area contributed by atoms with Crippen molar-refractivity contribution in [2.24, 2.45) is 0 Å². The van der Waals surface area contributed by atoms with Gasteiger partial charge in [0.25, 0.3) is 0 Å². The van der Waals surface area contributed by atoms with Gasteiger partial charge < -0.3 is 0 Å². The molecule has 0 amide bonds. The Morgan fingerprint density at radius 2 is 1.42 bits per heavy atom. The van der Waals surface area contributed by atoms with E-state index in [1.165, 1.54) is 32.6 Å². The minimum atomic E-state index is -1.93. The summed E-state index contributed by atoms with van der Waals surface area (Å²) >= 11 is -1.93. The second kappa shape index (κ2) is 4.29. The van der Waals surface area contributed by atoms with E-state index >= 15 is 0 Å². The molecular formula is C9H22N2Sn. The Morgan fingerprint density at radius 3 is 1.75 bits per heavy atom. The van der Waals surface area contributed by atoms with Gasteiger partial charge in [-0.3, -0.25) is 0 Å². The monoisotopic (exact) mass is 278 g/mol. The van der Waals surface area contributed by atoms with E-state index in [1.54, 1.807) is 0 Å². The summed E-state index contributed by atoms with van der Waals surface area (Å²) < 4.78 is 5.53. The minimum absolute atomic E-state index is 1.26. The van der Waals surface area contributed by atoms with Crippen LogP contribution >= 0.6 is 0 Å². The van der Waals surface area contributed by atoms with Crippen LogP contribution in [-0.2, 0) is 0 Å². The molecule has 0 spiro atoms. The van der Waals surface area contributed by atoms with Gasteiger partial charge in [0.2, 0.25) is 0 Å². The van der Waals surface area contributed by atoms with E-state index in [1.807, 2.05) is 0 Å². The average Bonchev–Trinajstić information content (AvgIpc) is 2.03. The fourth-order valence-electron chi connectivity index (χ4n) is 2.29. The number of nitrogens with zero attached hydrogens (tertiary/aromatic N) is 2. The van der Waals surface area contributed by atoms with Gasteiger partial charge in [-0.1, -0.05) is 0 Å². The molecular weight excluding hydrogens is 255 g/mol. The van der Waals surface area contributed by atoms with Gasteiger partial charge in [-0.2, -0.15) is 0 Å². The van der Waals surface area contributed by atoms with E-state index < -0.39 is 18.9 Å². The molecule has 0 aromatic carbocycles. The summed E-state index contributed by atoms with van der Waals surface area (Å²) in [5.41, 5.74) is 0. The van der Waals surface area contributed by atoms with Crippen molar-refractivity contribution >= 4 is 18.9 Å². The van der Waals surface area contributed by atoms with Crippen molar-refractivity contribution in [3.63, 3.8) is 0 Å². The van der Waals surface area contributed by atoms with Crippen LogP contribution in [0.25, 0.3) is 0 Å². The number of hydrogen-bond acceptors (Lipinski definition) is 2. The third-order valence-corrected chi connectivity index (χ3v) is 15.1. The molecule has 0 radical (unpaired) electrons. The predicted molar refractivity (Wildman–Crippen MR) is 56.6 cm³/mol. The summed E-state index contributed by atoms with van der Waals surface area (Å²) in [6.45, 7) is 9.85. The molecule has 0 aromatic rings. The molecule has 0 N–H and O–H groups in total. The Hall–Kier alpha value is 0.719. The van der Waals surface area contributed by atoms with E-state index in [2.05, 4.69) is 30.0 Å². The zero-order valence-electron chi connectivity index (χ0n) is 8.93. The molecule has 1 fully saturated rings. The van der Waals surface area contributed by atoms with Gasteiger partial charge >= 0.3 is 81.5 Å². The van der Waals surface area contributed by atoms with Crippen LogP contribution in [0, 0.1) is 0 Å². The molecule has 72 valence electrons. The van der Waals surface area contributed by atoms with E-state index in [-0.39, 0.29) is 0 Å². The molecule has 2 nitrogen and oxygen atoms in total. The zero-order chi connectivity index (χ0) is 9.19. The predicted octanol–water partition coefficient (Wildman–Crippen LogP) is 1.74. The van der Waals surface area contributed by atoms with E-state index in [9.17, 15) is 0 Å². The summed E-state index contributed by atoms with van der Waals surface area (Å²) in [5, 5.41) is 0. The quantitative estimate of drug-likeness (QED) is 0.709. The fraction of sp³-hybridized carbons (Fsp3) is 1.00. The Bertz CT molecular complexity index is 133. The van der Waals surface area contributed by atoms with Crippen molar-refractivity contribution in [2.45, 2.75) is 30.1 Å². The molecule has 0 saturated carbocycles. The summed E-state index contributed by atoms with van der Waals surface area (Å²) in [4.78, 5) is 5.08. The van der Waals surface area contributed by atoms with Crippen molar-refractivity contribution in [1.82, 2.24) is 6.24 Å². The first kappa shape index (κ1) is 10.8. The van der Waals surface area contributed by atoms with Crippen LogP contribution in [0.3, 0.4) is 0 Å². The second-order valence-corrected chi connectivity index (χ2v) is 16.1. The van der Waals surface area contributed by atoms with Gasteiger partial charge in [-0.05, 0) is 0 Å². The molecule has 1 aliphatic rings. The summed E-state index contributed by atoms with van der Waals surface area (Å²) in [7, 11) is 0. The van der Waals surface area contributed by atoms with Crippen molar-refractivity contribution in [3.8, 4) is 0 Å². The second-order valence-electron chi connectivity index (χ2n) is 4.01. The SMILES string of the molecule is CC[N]1CCC[N](CC)[Sn]1([CH3])[CH3]. The molecule has 1 heterocycles. The van der Waals surface area contributed by atoms with Gasteiger partial charge in [0.05, 0.1) is 0 Å². The van der Waals surface area contributed by atoms with Crippen molar-refractivity contribution in [1.29, 1.82) is 0 Å². The summed E-state index contributed by atoms with van der Waals surface area (Å²) in [6, 6.07) is 0. The molecule has 0 unspecified atom stereocenters. The molecule has 0 bridgehead atoms. The van der Waals surface area contributed by atoms with Crippen LogP contribution in [0.5, 0.6) is 0 Å². The van der Waals surface area contributed by atoms with Crippen LogP contribution in [0.15, 0.2) is 0 Å².